The fourth-order valence-electron chi connectivity index (χ4n) is 3.54. The van der Waals surface area contributed by atoms with Gasteiger partial charge in [0.1, 0.15) is 0 Å². The lowest BCUT2D eigenvalue weighted by Crippen LogP contribution is -2.22. The zero-order valence-electron chi connectivity index (χ0n) is 12.7. The maximum atomic E-state index is 4.29. The average Bonchev–Trinajstić information content (AvgIpc) is 3.04. The van der Waals surface area contributed by atoms with Crippen molar-refractivity contribution in [2.24, 2.45) is 0 Å². The summed E-state index contributed by atoms with van der Waals surface area (Å²) in [7, 11) is 0. The van der Waals surface area contributed by atoms with Gasteiger partial charge in [-0.1, -0.05) is 42.5 Å². The Kier molecular flexibility index (Phi) is 3.61. The lowest BCUT2D eigenvalue weighted by molar-refractivity contribution is 0.248. The van der Waals surface area contributed by atoms with E-state index in [0.717, 1.165) is 6.54 Å². The third-order valence-corrected chi connectivity index (χ3v) is 4.63. The summed E-state index contributed by atoms with van der Waals surface area (Å²) in [6.07, 6.45) is 6.38. The fourth-order valence-corrected chi connectivity index (χ4v) is 3.54. The average molecular weight is 288 g/mol. The van der Waals surface area contributed by atoms with E-state index in [0.29, 0.717) is 6.04 Å². The van der Waals surface area contributed by atoms with Gasteiger partial charge in [0.05, 0.1) is 0 Å². The van der Waals surface area contributed by atoms with Crippen molar-refractivity contribution < 1.29 is 0 Å². The Balaban J connectivity index is 1.58. The predicted octanol–water partition coefficient (Wildman–Crippen LogP) is 4.57. The molecular formula is C20H20N2. The molecule has 0 N–H and O–H groups in total. The van der Waals surface area contributed by atoms with Crippen molar-refractivity contribution in [1.29, 1.82) is 0 Å². The van der Waals surface area contributed by atoms with Crippen LogP contribution in [0.4, 0.5) is 0 Å². The molecule has 2 aromatic carbocycles. The summed E-state index contributed by atoms with van der Waals surface area (Å²) in [6, 6.07) is 20.2. The first-order valence-electron chi connectivity index (χ1n) is 8.02. The van der Waals surface area contributed by atoms with Crippen molar-refractivity contribution in [2.75, 3.05) is 6.54 Å². The number of rotatable bonds is 3. The summed E-state index contributed by atoms with van der Waals surface area (Å²) in [5.41, 5.74) is 2.75. The molecular weight excluding hydrogens is 268 g/mol. The van der Waals surface area contributed by atoms with Crippen LogP contribution < -0.4 is 0 Å². The second-order valence-electron chi connectivity index (χ2n) is 6.10. The molecule has 0 spiro atoms. The predicted molar refractivity (Wildman–Crippen MR) is 90.6 cm³/mol. The number of hydrogen-bond donors (Lipinski definition) is 0. The van der Waals surface area contributed by atoms with Crippen LogP contribution in [0.15, 0.2) is 67.0 Å². The second kappa shape index (κ2) is 5.90. The Hall–Kier alpha value is -2.19. The van der Waals surface area contributed by atoms with E-state index >= 15 is 0 Å². The van der Waals surface area contributed by atoms with Gasteiger partial charge in [-0.05, 0) is 53.4 Å². The highest BCUT2D eigenvalue weighted by Gasteiger charge is 2.25. The molecule has 1 saturated heterocycles. The monoisotopic (exact) mass is 288 g/mol. The van der Waals surface area contributed by atoms with Crippen molar-refractivity contribution in [3.63, 3.8) is 0 Å². The maximum Gasteiger partial charge on any atom is 0.0367 e. The van der Waals surface area contributed by atoms with Gasteiger partial charge >= 0.3 is 0 Å². The quantitative estimate of drug-likeness (QED) is 0.701. The molecule has 1 aliphatic rings. The SMILES string of the molecule is c1cncc(C2CCCN2Cc2ccc3ccccc3c2)c1. The van der Waals surface area contributed by atoms with Crippen LogP contribution in [-0.4, -0.2) is 16.4 Å². The standard InChI is InChI=1S/C20H20N2/c1-2-6-18-13-16(9-10-17(18)5-1)15-22-12-4-8-20(22)19-7-3-11-21-14-19/h1-3,5-7,9-11,13-14,20H,4,8,12,15H2. The number of pyridine rings is 1. The number of benzene rings is 2. The number of aromatic nitrogens is 1. The summed E-state index contributed by atoms with van der Waals surface area (Å²) in [6.45, 7) is 2.19. The highest BCUT2D eigenvalue weighted by Crippen LogP contribution is 2.33. The molecule has 2 nitrogen and oxygen atoms in total. The number of nitrogens with zero attached hydrogens (tertiary/aromatic N) is 2. The molecule has 1 aromatic heterocycles. The fraction of sp³-hybridized carbons (Fsp3) is 0.250. The molecule has 110 valence electrons. The normalized spacial score (nSPS) is 18.8. The molecule has 1 unspecified atom stereocenters. The molecule has 4 rings (SSSR count). The Morgan fingerprint density at radius 2 is 1.91 bits per heavy atom. The molecule has 1 aliphatic heterocycles. The van der Waals surface area contributed by atoms with Crippen molar-refractivity contribution in [1.82, 2.24) is 9.88 Å². The van der Waals surface area contributed by atoms with Gasteiger partial charge in [-0.3, -0.25) is 9.88 Å². The molecule has 1 fully saturated rings. The van der Waals surface area contributed by atoms with Gasteiger partial charge in [-0.2, -0.15) is 0 Å². The van der Waals surface area contributed by atoms with Gasteiger partial charge in [0.15, 0.2) is 0 Å². The summed E-state index contributed by atoms with van der Waals surface area (Å²) in [5, 5.41) is 2.65. The van der Waals surface area contributed by atoms with Crippen LogP contribution in [0.5, 0.6) is 0 Å². The number of fused-ring (bicyclic) bond motifs is 1. The zero-order chi connectivity index (χ0) is 14.8. The topological polar surface area (TPSA) is 16.1 Å². The van der Waals surface area contributed by atoms with Crippen molar-refractivity contribution >= 4 is 10.8 Å². The minimum atomic E-state index is 0.514. The first kappa shape index (κ1) is 13.5. The Labute approximate surface area is 131 Å². The van der Waals surface area contributed by atoms with E-state index in [1.165, 1.54) is 41.3 Å². The Morgan fingerprint density at radius 3 is 2.77 bits per heavy atom. The van der Waals surface area contributed by atoms with E-state index < -0.39 is 0 Å². The van der Waals surface area contributed by atoms with E-state index in [4.69, 9.17) is 0 Å². The summed E-state index contributed by atoms with van der Waals surface area (Å²) in [4.78, 5) is 6.87. The molecule has 2 heterocycles. The first-order valence-corrected chi connectivity index (χ1v) is 8.02. The van der Waals surface area contributed by atoms with Gasteiger partial charge in [0.25, 0.3) is 0 Å². The smallest absolute Gasteiger partial charge is 0.0367 e. The van der Waals surface area contributed by atoms with Gasteiger partial charge in [0, 0.05) is 25.0 Å². The van der Waals surface area contributed by atoms with Gasteiger partial charge in [-0.15, -0.1) is 0 Å². The highest BCUT2D eigenvalue weighted by molar-refractivity contribution is 5.82. The van der Waals surface area contributed by atoms with Crippen molar-refractivity contribution in [3.8, 4) is 0 Å². The molecule has 3 aromatic rings. The van der Waals surface area contributed by atoms with E-state index in [1.54, 1.807) is 0 Å². The van der Waals surface area contributed by atoms with Gasteiger partial charge in [-0.25, -0.2) is 0 Å². The van der Waals surface area contributed by atoms with E-state index in [-0.39, 0.29) is 0 Å². The lowest BCUT2D eigenvalue weighted by Gasteiger charge is -2.24. The molecule has 0 radical (unpaired) electrons. The highest BCUT2D eigenvalue weighted by atomic mass is 15.2. The summed E-state index contributed by atoms with van der Waals surface area (Å²) >= 11 is 0. The summed E-state index contributed by atoms with van der Waals surface area (Å²) in [5.74, 6) is 0. The molecule has 0 bridgehead atoms. The minimum Gasteiger partial charge on any atom is -0.292 e. The molecule has 2 heteroatoms. The molecule has 0 amide bonds. The van der Waals surface area contributed by atoms with Crippen molar-refractivity contribution in [3.05, 3.63) is 78.1 Å². The first-order chi connectivity index (χ1) is 10.9. The lowest BCUT2D eigenvalue weighted by atomic mass is 10.0. The third-order valence-electron chi connectivity index (χ3n) is 4.63. The van der Waals surface area contributed by atoms with E-state index in [2.05, 4.69) is 58.4 Å². The van der Waals surface area contributed by atoms with Crippen LogP contribution in [0.1, 0.15) is 30.0 Å². The number of likely N-dealkylation sites (tertiary alicyclic amines) is 1. The van der Waals surface area contributed by atoms with E-state index in [1.807, 2.05) is 18.5 Å². The van der Waals surface area contributed by atoms with E-state index in [9.17, 15) is 0 Å². The van der Waals surface area contributed by atoms with Crippen LogP contribution in [-0.2, 0) is 6.54 Å². The minimum absolute atomic E-state index is 0.514. The maximum absolute atomic E-state index is 4.29. The third kappa shape index (κ3) is 2.62. The molecule has 0 aliphatic carbocycles. The Bertz CT molecular complexity index is 767. The molecule has 0 saturated carbocycles. The second-order valence-corrected chi connectivity index (χ2v) is 6.10. The van der Waals surface area contributed by atoms with Crippen LogP contribution in [0.2, 0.25) is 0 Å². The number of hydrogen-bond acceptors (Lipinski definition) is 2. The van der Waals surface area contributed by atoms with Crippen molar-refractivity contribution in [2.45, 2.75) is 25.4 Å². The van der Waals surface area contributed by atoms with Gasteiger partial charge < -0.3 is 0 Å². The Morgan fingerprint density at radius 1 is 1.00 bits per heavy atom. The molecule has 22 heavy (non-hydrogen) atoms. The van der Waals surface area contributed by atoms with Gasteiger partial charge in [0.2, 0.25) is 0 Å². The molecule has 1 atom stereocenters. The van der Waals surface area contributed by atoms with Crippen LogP contribution in [0.25, 0.3) is 10.8 Å². The zero-order valence-corrected chi connectivity index (χ0v) is 12.7. The van der Waals surface area contributed by atoms with Crippen LogP contribution >= 0.6 is 0 Å². The van der Waals surface area contributed by atoms with Crippen LogP contribution in [0, 0.1) is 0 Å². The largest absolute Gasteiger partial charge is 0.292 e. The summed E-state index contributed by atoms with van der Waals surface area (Å²) < 4.78 is 0. The van der Waals surface area contributed by atoms with Crippen LogP contribution in [0.3, 0.4) is 0 Å².